The number of thiophene rings is 1. The van der Waals surface area contributed by atoms with Crippen molar-refractivity contribution in [1.29, 1.82) is 0 Å². The van der Waals surface area contributed by atoms with Gasteiger partial charge < -0.3 is 25.2 Å². The Labute approximate surface area is 239 Å². The Bertz CT molecular complexity index is 1260. The zero-order chi connectivity index (χ0) is 29.1. The Balaban J connectivity index is 1.58. The topological polar surface area (TPSA) is 116 Å². The predicted octanol–water partition coefficient (Wildman–Crippen LogP) is 5.06. The molecule has 2 aromatic heterocycles. The molecule has 3 aromatic rings. The van der Waals surface area contributed by atoms with Crippen LogP contribution in [-0.2, 0) is 17.7 Å². The number of hydrogen-bond donors (Lipinski definition) is 3. The van der Waals surface area contributed by atoms with Crippen LogP contribution in [0, 0.1) is 0 Å². The van der Waals surface area contributed by atoms with Crippen LogP contribution in [-0.4, -0.2) is 72.1 Å². The van der Waals surface area contributed by atoms with Gasteiger partial charge in [-0.1, -0.05) is 36.4 Å². The highest BCUT2D eigenvalue weighted by Gasteiger charge is 2.19. The van der Waals surface area contributed by atoms with Crippen molar-refractivity contribution in [3.8, 4) is 0 Å². The maximum atomic E-state index is 13.0. The molecule has 0 saturated carbocycles. The van der Waals surface area contributed by atoms with E-state index < -0.39 is 17.6 Å². The Morgan fingerprint density at radius 2 is 1.62 bits per heavy atom. The van der Waals surface area contributed by atoms with Crippen LogP contribution in [0.25, 0.3) is 0 Å². The lowest BCUT2D eigenvalue weighted by atomic mass is 10.1. The molecule has 0 aliphatic heterocycles. The lowest BCUT2D eigenvalue weighted by Gasteiger charge is -2.25. The molecule has 10 nitrogen and oxygen atoms in total. The molecule has 0 spiro atoms. The number of likely N-dealkylation sites (N-methyl/N-ethyl adjacent to an activating group) is 1. The number of pyridine rings is 1. The number of ether oxygens (including phenoxy) is 1. The van der Waals surface area contributed by atoms with Gasteiger partial charge in [0, 0.05) is 43.1 Å². The molecule has 11 heteroatoms. The van der Waals surface area contributed by atoms with Crippen LogP contribution in [0.4, 0.5) is 21.0 Å². The second kappa shape index (κ2) is 14.4. The molecule has 214 valence electrons. The Morgan fingerprint density at radius 1 is 0.925 bits per heavy atom. The zero-order valence-corrected chi connectivity index (χ0v) is 24.5. The molecule has 0 fully saturated rings. The van der Waals surface area contributed by atoms with E-state index in [9.17, 15) is 14.4 Å². The number of nitrogens with one attached hydrogen (secondary N) is 3. The Hall–Kier alpha value is -3.96. The number of anilines is 2. The highest BCUT2D eigenvalue weighted by molar-refractivity contribution is 7.09. The van der Waals surface area contributed by atoms with Crippen molar-refractivity contribution in [3.05, 3.63) is 76.2 Å². The fourth-order valence-corrected chi connectivity index (χ4v) is 4.32. The smallest absolute Gasteiger partial charge is 0.412 e. The van der Waals surface area contributed by atoms with Gasteiger partial charge in [0.25, 0.3) is 5.91 Å². The Kier molecular flexibility index (Phi) is 11.0. The summed E-state index contributed by atoms with van der Waals surface area (Å²) in [6.45, 7) is 7.47. The summed E-state index contributed by atoms with van der Waals surface area (Å²) in [6, 6.07) is 13.3. The van der Waals surface area contributed by atoms with E-state index in [4.69, 9.17) is 4.74 Å². The number of carbonyl (C=O) groups excluding carboxylic acids is 3. The molecule has 0 bridgehead atoms. The van der Waals surface area contributed by atoms with E-state index in [1.165, 1.54) is 11.3 Å². The SMILES string of the molecule is CN(C)CCN(Cc1ccc(C(=O)Nc2cscc2NC(=O)OC(C)(C)C)nc1)C(=O)NCCc1ccccc1. The maximum Gasteiger partial charge on any atom is 0.412 e. The summed E-state index contributed by atoms with van der Waals surface area (Å²) < 4.78 is 5.28. The van der Waals surface area contributed by atoms with Crippen LogP contribution >= 0.6 is 11.3 Å². The minimum absolute atomic E-state index is 0.151. The van der Waals surface area contributed by atoms with Crippen LogP contribution in [0.1, 0.15) is 42.4 Å². The molecule has 4 amide bonds. The standard InChI is InChI=1S/C29H38N6O4S/c1-29(2,3)39-28(38)33-25-20-40-19-24(25)32-26(36)23-12-11-22(17-31-23)18-35(16-15-34(4)5)27(37)30-14-13-21-9-7-6-8-10-21/h6-12,17,19-20H,13-16,18H2,1-5H3,(H,30,37)(H,32,36)(H,33,38). The van der Waals surface area contributed by atoms with E-state index >= 15 is 0 Å². The third kappa shape index (κ3) is 10.3. The predicted molar refractivity (Wildman–Crippen MR) is 159 cm³/mol. The first-order chi connectivity index (χ1) is 19.0. The zero-order valence-electron chi connectivity index (χ0n) is 23.7. The van der Waals surface area contributed by atoms with E-state index in [1.54, 1.807) is 54.8 Å². The van der Waals surface area contributed by atoms with Crippen LogP contribution in [0.5, 0.6) is 0 Å². The monoisotopic (exact) mass is 566 g/mol. The molecule has 1 aromatic carbocycles. The van der Waals surface area contributed by atoms with Gasteiger partial charge in [-0.3, -0.25) is 15.1 Å². The third-order valence-corrected chi connectivity index (χ3v) is 6.36. The van der Waals surface area contributed by atoms with Crippen molar-refractivity contribution in [2.45, 2.75) is 39.3 Å². The van der Waals surface area contributed by atoms with Gasteiger partial charge in [-0.25, -0.2) is 9.59 Å². The number of aromatic nitrogens is 1. The lowest BCUT2D eigenvalue weighted by Crippen LogP contribution is -2.43. The number of carbonyl (C=O) groups is 3. The van der Waals surface area contributed by atoms with Crippen LogP contribution < -0.4 is 16.0 Å². The summed E-state index contributed by atoms with van der Waals surface area (Å²) >= 11 is 1.33. The molecule has 2 heterocycles. The van der Waals surface area contributed by atoms with Gasteiger partial charge in [0.05, 0.1) is 11.4 Å². The van der Waals surface area contributed by atoms with E-state index in [0.29, 0.717) is 37.6 Å². The minimum Gasteiger partial charge on any atom is -0.444 e. The normalized spacial score (nSPS) is 11.2. The van der Waals surface area contributed by atoms with E-state index in [2.05, 4.69) is 20.9 Å². The summed E-state index contributed by atoms with van der Waals surface area (Å²) in [5, 5.41) is 11.9. The van der Waals surface area contributed by atoms with Gasteiger partial charge in [-0.15, -0.1) is 11.3 Å². The largest absolute Gasteiger partial charge is 0.444 e. The van der Waals surface area contributed by atoms with Crippen molar-refractivity contribution < 1.29 is 19.1 Å². The molecule has 0 aliphatic carbocycles. The van der Waals surface area contributed by atoms with Crippen LogP contribution in [0.15, 0.2) is 59.4 Å². The second-order valence-electron chi connectivity index (χ2n) is 10.5. The van der Waals surface area contributed by atoms with Crippen molar-refractivity contribution in [1.82, 2.24) is 20.1 Å². The fourth-order valence-electron chi connectivity index (χ4n) is 3.61. The average molecular weight is 567 g/mol. The van der Waals surface area contributed by atoms with Crippen molar-refractivity contribution in [3.63, 3.8) is 0 Å². The second-order valence-corrected chi connectivity index (χ2v) is 11.3. The maximum absolute atomic E-state index is 13.0. The molecule has 3 N–H and O–H groups in total. The summed E-state index contributed by atoms with van der Waals surface area (Å²) in [5.41, 5.74) is 2.44. The van der Waals surface area contributed by atoms with E-state index in [0.717, 1.165) is 17.5 Å². The molecule has 0 saturated heterocycles. The quantitative estimate of drug-likeness (QED) is 0.299. The molecule has 0 unspecified atom stereocenters. The van der Waals surface area contributed by atoms with Gasteiger partial charge in [0.1, 0.15) is 11.3 Å². The molecule has 0 aliphatic rings. The van der Waals surface area contributed by atoms with Gasteiger partial charge in [-0.2, -0.15) is 0 Å². The van der Waals surface area contributed by atoms with Gasteiger partial charge in [-0.05, 0) is 58.5 Å². The van der Waals surface area contributed by atoms with Crippen LogP contribution in [0.2, 0.25) is 0 Å². The Morgan fingerprint density at radius 3 is 2.25 bits per heavy atom. The minimum atomic E-state index is -0.639. The highest BCUT2D eigenvalue weighted by Crippen LogP contribution is 2.27. The molecular weight excluding hydrogens is 528 g/mol. The first-order valence-corrected chi connectivity index (χ1v) is 14.0. The number of nitrogens with zero attached hydrogens (tertiary/aromatic N) is 3. The summed E-state index contributed by atoms with van der Waals surface area (Å²) in [5.74, 6) is -0.416. The summed E-state index contributed by atoms with van der Waals surface area (Å²) in [4.78, 5) is 46.0. The molecule has 0 atom stereocenters. The van der Waals surface area contributed by atoms with Crippen molar-refractivity contribution in [2.75, 3.05) is 44.4 Å². The first-order valence-electron chi connectivity index (χ1n) is 13.0. The van der Waals surface area contributed by atoms with Gasteiger partial charge in [0.2, 0.25) is 0 Å². The van der Waals surface area contributed by atoms with Crippen molar-refractivity contribution in [2.24, 2.45) is 0 Å². The van der Waals surface area contributed by atoms with Crippen molar-refractivity contribution >= 4 is 40.7 Å². The number of rotatable bonds is 11. The molecular formula is C29H38N6O4S. The number of urea groups is 1. The first kappa shape index (κ1) is 30.6. The number of hydrogen-bond acceptors (Lipinski definition) is 7. The van der Waals surface area contributed by atoms with E-state index in [1.807, 2.05) is 49.3 Å². The third-order valence-electron chi connectivity index (χ3n) is 5.61. The van der Waals surface area contributed by atoms with E-state index in [-0.39, 0.29) is 11.7 Å². The number of amides is 4. The lowest BCUT2D eigenvalue weighted by molar-refractivity contribution is 0.0635. The molecule has 3 rings (SSSR count). The number of benzene rings is 1. The van der Waals surface area contributed by atoms with Gasteiger partial charge >= 0.3 is 12.1 Å². The van der Waals surface area contributed by atoms with Gasteiger partial charge in [0.15, 0.2) is 0 Å². The highest BCUT2D eigenvalue weighted by atomic mass is 32.1. The summed E-state index contributed by atoms with van der Waals surface area (Å²) in [6.07, 6.45) is 1.74. The molecule has 0 radical (unpaired) electrons. The molecule has 40 heavy (non-hydrogen) atoms. The fraction of sp³-hybridized carbons (Fsp3) is 0.379. The summed E-state index contributed by atoms with van der Waals surface area (Å²) in [7, 11) is 3.92. The average Bonchev–Trinajstić information content (AvgIpc) is 3.32. The van der Waals surface area contributed by atoms with Crippen LogP contribution in [0.3, 0.4) is 0 Å².